The van der Waals surface area contributed by atoms with Crippen molar-refractivity contribution in [2.24, 2.45) is 4.99 Å². The minimum atomic E-state index is -3.05. The summed E-state index contributed by atoms with van der Waals surface area (Å²) in [5, 5.41) is 18.4. The summed E-state index contributed by atoms with van der Waals surface area (Å²) < 4.78 is 43.4. The number of rotatable bonds is 8. The van der Waals surface area contributed by atoms with Crippen LogP contribution >= 0.6 is 11.3 Å². The predicted octanol–water partition coefficient (Wildman–Crippen LogP) is 3.45. The van der Waals surface area contributed by atoms with Gasteiger partial charge in [0.05, 0.1) is 18.7 Å². The smallest absolute Gasteiger partial charge is 0.387 e. The van der Waals surface area contributed by atoms with Crippen LogP contribution in [0, 0.1) is 5.82 Å². The van der Waals surface area contributed by atoms with E-state index in [4.69, 9.17) is 0 Å². The fraction of sp³-hybridized carbons (Fsp3) is 0.389. The van der Waals surface area contributed by atoms with E-state index in [9.17, 15) is 18.3 Å². The Morgan fingerprint density at radius 2 is 2.07 bits per heavy atom. The van der Waals surface area contributed by atoms with Gasteiger partial charge in [0.25, 0.3) is 0 Å². The maximum atomic E-state index is 14.0. The van der Waals surface area contributed by atoms with Crippen LogP contribution in [0.1, 0.15) is 24.3 Å². The molecule has 0 aliphatic rings. The molecule has 0 saturated heterocycles. The van der Waals surface area contributed by atoms with Gasteiger partial charge >= 0.3 is 6.61 Å². The van der Waals surface area contributed by atoms with Crippen LogP contribution < -0.4 is 15.4 Å². The van der Waals surface area contributed by atoms with E-state index in [1.807, 2.05) is 24.4 Å². The first-order valence-electron chi connectivity index (χ1n) is 8.34. The van der Waals surface area contributed by atoms with Gasteiger partial charge in [0.15, 0.2) is 5.96 Å². The van der Waals surface area contributed by atoms with Gasteiger partial charge in [-0.1, -0.05) is 12.1 Å². The molecule has 1 heterocycles. The van der Waals surface area contributed by atoms with Gasteiger partial charge in [-0.2, -0.15) is 8.78 Å². The lowest BCUT2D eigenvalue weighted by Gasteiger charge is -2.23. The average Bonchev–Trinajstić information content (AvgIpc) is 3.14. The lowest BCUT2D eigenvalue weighted by atomic mass is 10.1. The second kappa shape index (κ2) is 9.61. The van der Waals surface area contributed by atoms with Gasteiger partial charge in [0, 0.05) is 11.4 Å². The maximum absolute atomic E-state index is 14.0. The number of alkyl halides is 2. The van der Waals surface area contributed by atoms with E-state index >= 15 is 0 Å². The molecule has 1 aromatic carbocycles. The van der Waals surface area contributed by atoms with E-state index in [0.29, 0.717) is 12.5 Å². The molecule has 148 valence electrons. The molecule has 1 aromatic heterocycles. The third-order valence-corrected chi connectivity index (χ3v) is 4.81. The van der Waals surface area contributed by atoms with Gasteiger partial charge in [-0.25, -0.2) is 9.38 Å². The molecule has 0 radical (unpaired) electrons. The number of halogens is 3. The molecule has 2 rings (SSSR count). The number of guanidine groups is 1. The third-order valence-electron chi connectivity index (χ3n) is 3.68. The average molecular weight is 401 g/mol. The first kappa shape index (κ1) is 21.0. The largest absolute Gasteiger partial charge is 0.434 e. The Bertz CT molecular complexity index is 752. The minimum absolute atomic E-state index is 0.0694. The van der Waals surface area contributed by atoms with Gasteiger partial charge in [-0.15, -0.1) is 11.3 Å². The highest BCUT2D eigenvalue weighted by Gasteiger charge is 2.24. The summed E-state index contributed by atoms with van der Waals surface area (Å²) in [5.74, 6) is -0.617. The van der Waals surface area contributed by atoms with Gasteiger partial charge in [-0.3, -0.25) is 0 Å². The van der Waals surface area contributed by atoms with Gasteiger partial charge in [0.2, 0.25) is 0 Å². The van der Waals surface area contributed by atoms with E-state index in [-0.39, 0.29) is 24.4 Å². The Morgan fingerprint density at radius 1 is 1.30 bits per heavy atom. The van der Waals surface area contributed by atoms with Crippen molar-refractivity contribution in [1.82, 2.24) is 10.6 Å². The molecule has 0 amide bonds. The highest BCUT2D eigenvalue weighted by molar-refractivity contribution is 7.10. The van der Waals surface area contributed by atoms with E-state index in [1.165, 1.54) is 23.5 Å². The number of hydrogen-bond acceptors (Lipinski definition) is 4. The summed E-state index contributed by atoms with van der Waals surface area (Å²) in [6.45, 7) is 0.957. The van der Waals surface area contributed by atoms with Gasteiger partial charge in [0.1, 0.15) is 17.2 Å². The molecule has 0 saturated carbocycles. The molecule has 0 aliphatic heterocycles. The van der Waals surface area contributed by atoms with E-state index in [0.717, 1.165) is 10.9 Å². The van der Waals surface area contributed by atoms with Crippen LogP contribution in [-0.4, -0.2) is 30.8 Å². The number of nitrogens with zero attached hydrogens (tertiary/aromatic N) is 1. The Kier molecular flexibility index (Phi) is 7.49. The number of benzene rings is 1. The molecular weight excluding hydrogens is 379 g/mol. The molecule has 27 heavy (non-hydrogen) atoms. The molecule has 2 aromatic rings. The molecule has 1 atom stereocenters. The maximum Gasteiger partial charge on any atom is 0.387 e. The van der Waals surface area contributed by atoms with E-state index in [1.54, 1.807) is 6.92 Å². The quantitative estimate of drug-likeness (QED) is 0.468. The lowest BCUT2D eigenvalue weighted by molar-refractivity contribution is -0.0506. The van der Waals surface area contributed by atoms with Crippen LogP contribution in [-0.2, 0) is 12.1 Å². The molecule has 3 N–H and O–H groups in total. The Hall–Kier alpha value is -2.26. The standard InChI is InChI=1S/C18H22F3N3O2S/c1-3-22-17(24-11-18(2,25)15-8-5-9-27-15)23-10-12-13(19)6-4-7-14(12)26-16(20)21/h4-9,16,25H,3,10-11H2,1-2H3,(H2,22,23,24). The van der Waals surface area contributed by atoms with Crippen molar-refractivity contribution in [2.45, 2.75) is 32.6 Å². The number of ether oxygens (including phenoxy) is 1. The highest BCUT2D eigenvalue weighted by Crippen LogP contribution is 2.25. The molecule has 0 fully saturated rings. The molecule has 1 unspecified atom stereocenters. The first-order valence-corrected chi connectivity index (χ1v) is 9.22. The summed E-state index contributed by atoms with van der Waals surface area (Å²) in [7, 11) is 0. The Morgan fingerprint density at radius 3 is 2.70 bits per heavy atom. The van der Waals surface area contributed by atoms with Crippen LogP contribution in [0.2, 0.25) is 0 Å². The summed E-state index contributed by atoms with van der Waals surface area (Å²) >= 11 is 1.43. The molecular formula is C18H22F3N3O2S. The molecule has 0 aliphatic carbocycles. The van der Waals surface area contributed by atoms with Gasteiger partial charge < -0.3 is 20.5 Å². The first-order chi connectivity index (χ1) is 12.8. The van der Waals surface area contributed by atoms with Crippen LogP contribution in [0.15, 0.2) is 40.7 Å². The molecule has 0 bridgehead atoms. The van der Waals surface area contributed by atoms with Crippen LogP contribution in [0.3, 0.4) is 0 Å². The molecule has 9 heteroatoms. The summed E-state index contributed by atoms with van der Waals surface area (Å²) in [5.41, 5.74) is -1.19. The topological polar surface area (TPSA) is 65.9 Å². The van der Waals surface area contributed by atoms with Gasteiger partial charge in [-0.05, 0) is 37.4 Å². The third kappa shape index (κ3) is 6.14. The monoisotopic (exact) mass is 401 g/mol. The fourth-order valence-corrected chi connectivity index (χ4v) is 3.11. The van der Waals surface area contributed by atoms with Crippen LogP contribution in [0.4, 0.5) is 13.2 Å². The Balaban J connectivity index is 2.12. The van der Waals surface area contributed by atoms with Crippen molar-refractivity contribution in [3.63, 3.8) is 0 Å². The van der Waals surface area contributed by atoms with Crippen molar-refractivity contribution in [3.8, 4) is 5.75 Å². The van der Waals surface area contributed by atoms with Crippen molar-refractivity contribution in [2.75, 3.05) is 13.1 Å². The number of nitrogens with one attached hydrogen (secondary N) is 2. The zero-order valence-electron chi connectivity index (χ0n) is 15.0. The summed E-state index contributed by atoms with van der Waals surface area (Å²) in [4.78, 5) is 5.00. The number of thiophene rings is 1. The zero-order chi connectivity index (χ0) is 19.9. The van der Waals surface area contributed by atoms with E-state index in [2.05, 4.69) is 20.4 Å². The minimum Gasteiger partial charge on any atom is -0.434 e. The van der Waals surface area contributed by atoms with E-state index < -0.39 is 18.0 Å². The lowest BCUT2D eigenvalue weighted by Crippen LogP contribution is -2.44. The molecule has 5 nitrogen and oxygen atoms in total. The second-order valence-corrected chi connectivity index (χ2v) is 6.84. The number of aliphatic hydroxyl groups is 1. The van der Waals surface area contributed by atoms with Crippen molar-refractivity contribution in [3.05, 3.63) is 52.0 Å². The van der Waals surface area contributed by atoms with Crippen LogP contribution in [0.25, 0.3) is 0 Å². The van der Waals surface area contributed by atoms with Crippen molar-refractivity contribution >= 4 is 17.3 Å². The van der Waals surface area contributed by atoms with Crippen LogP contribution in [0.5, 0.6) is 5.75 Å². The Labute approximate surface area is 159 Å². The van der Waals surface area contributed by atoms with Crippen molar-refractivity contribution < 1.29 is 23.0 Å². The number of aliphatic imine (C=N–C) groups is 1. The van der Waals surface area contributed by atoms with Crippen molar-refractivity contribution in [1.29, 1.82) is 0 Å². The second-order valence-electron chi connectivity index (χ2n) is 5.89. The summed E-state index contributed by atoms with van der Waals surface area (Å²) in [6.07, 6.45) is 0. The highest BCUT2D eigenvalue weighted by atomic mass is 32.1. The molecule has 0 spiro atoms. The SMILES string of the molecule is CCNC(=NCc1c(F)cccc1OC(F)F)NCC(C)(O)c1cccs1. The predicted molar refractivity (Wildman–Crippen MR) is 99.7 cm³/mol. The number of hydrogen-bond donors (Lipinski definition) is 3. The zero-order valence-corrected chi connectivity index (χ0v) is 15.8. The summed E-state index contributed by atoms with van der Waals surface area (Å²) in [6, 6.07) is 7.38. The normalized spacial score (nSPS) is 14.1. The fourth-order valence-electron chi connectivity index (χ4n) is 2.33.